The minimum absolute atomic E-state index is 0.149. The average Bonchev–Trinajstić information content (AvgIpc) is 3.18. The summed E-state index contributed by atoms with van der Waals surface area (Å²) in [5.41, 5.74) is 19.2. The van der Waals surface area contributed by atoms with Crippen molar-refractivity contribution in [3.8, 4) is 11.3 Å². The van der Waals surface area contributed by atoms with Crippen LogP contribution in [0.4, 0.5) is 10.1 Å². The number of pyridine rings is 2. The molecule has 3 heterocycles. The number of anilines is 1. The predicted octanol–water partition coefficient (Wildman–Crippen LogP) is 5.34. The molecule has 0 saturated heterocycles. The van der Waals surface area contributed by atoms with Gasteiger partial charge in [0, 0.05) is 34.8 Å². The van der Waals surface area contributed by atoms with Crippen molar-refractivity contribution in [2.45, 2.75) is 12.8 Å². The van der Waals surface area contributed by atoms with Gasteiger partial charge in [-0.25, -0.2) is 9.37 Å². The largest absolute Gasteiger partial charge is 0.402 e. The maximum atomic E-state index is 13.8. The number of nitrogens with zero attached hydrogens (tertiary/aromatic N) is 2. The number of rotatable bonds is 4. The Kier molecular flexibility index (Phi) is 5.30. The molecule has 0 bridgehead atoms. The first-order valence-corrected chi connectivity index (χ1v) is 10.8. The maximum absolute atomic E-state index is 13.8. The van der Waals surface area contributed by atoms with Gasteiger partial charge in [0.1, 0.15) is 17.2 Å². The van der Waals surface area contributed by atoms with Crippen molar-refractivity contribution in [3.05, 3.63) is 108 Å². The Morgan fingerprint density at radius 2 is 1.97 bits per heavy atom. The number of H-pyrrole nitrogens is 1. The lowest BCUT2D eigenvalue weighted by atomic mass is 10.1. The van der Waals surface area contributed by atoms with E-state index in [1.807, 2.05) is 30.4 Å². The van der Waals surface area contributed by atoms with Crippen LogP contribution < -0.4 is 11.5 Å². The summed E-state index contributed by atoms with van der Waals surface area (Å²) in [6.45, 7) is 4.04. The normalized spacial score (nSPS) is 14.0. The molecular weight excluding hydrogens is 427 g/mol. The molecule has 1 aliphatic carbocycles. The Balaban J connectivity index is 1.56. The van der Waals surface area contributed by atoms with Crippen LogP contribution in [0.5, 0.6) is 0 Å². The van der Waals surface area contributed by atoms with Crippen LogP contribution >= 0.6 is 0 Å². The lowest BCUT2D eigenvalue weighted by Crippen LogP contribution is -2.10. The number of allylic oxidation sites excluding steroid dienone is 4. The maximum Gasteiger partial charge on any atom is 0.123 e. The molecule has 1 aromatic carbocycles. The fourth-order valence-corrected chi connectivity index (χ4v) is 4.12. The fraction of sp³-hybridized carbons (Fsp3) is 0.0741. The second kappa shape index (κ2) is 8.44. The molecule has 168 valence electrons. The SMILES string of the molecule is C=C1CC=C(c2ccc(N)c(C(=N)c3cc4c(-c5cccc(F)c5)nccc4[nH]3)n2)C=C(N)C1. The Morgan fingerprint density at radius 1 is 1.12 bits per heavy atom. The molecule has 1 aliphatic rings. The van der Waals surface area contributed by atoms with Gasteiger partial charge < -0.3 is 16.5 Å². The van der Waals surface area contributed by atoms with Crippen LogP contribution in [0, 0.1) is 11.2 Å². The number of nitrogens with two attached hydrogens (primary N) is 2. The van der Waals surface area contributed by atoms with E-state index in [-0.39, 0.29) is 11.5 Å². The van der Waals surface area contributed by atoms with Gasteiger partial charge in [-0.1, -0.05) is 30.4 Å². The summed E-state index contributed by atoms with van der Waals surface area (Å²) in [6.07, 6.45) is 6.94. The minimum Gasteiger partial charge on any atom is -0.402 e. The number of hydrogen-bond donors (Lipinski definition) is 4. The van der Waals surface area contributed by atoms with E-state index in [1.165, 1.54) is 12.1 Å². The zero-order valence-corrected chi connectivity index (χ0v) is 18.4. The number of hydrogen-bond acceptors (Lipinski definition) is 5. The Morgan fingerprint density at radius 3 is 2.79 bits per heavy atom. The van der Waals surface area contributed by atoms with Gasteiger partial charge in [-0.3, -0.25) is 10.4 Å². The number of nitrogens with one attached hydrogen (secondary N) is 2. The van der Waals surface area contributed by atoms with Gasteiger partial charge in [-0.2, -0.15) is 0 Å². The van der Waals surface area contributed by atoms with Crippen LogP contribution in [0.15, 0.2) is 84.7 Å². The molecule has 0 spiro atoms. The Labute approximate surface area is 196 Å². The molecule has 0 aliphatic heterocycles. The molecule has 0 amide bonds. The number of aromatic amines is 1. The summed E-state index contributed by atoms with van der Waals surface area (Å²) in [4.78, 5) is 12.4. The zero-order valence-electron chi connectivity index (χ0n) is 18.4. The third-order valence-electron chi connectivity index (χ3n) is 5.78. The molecule has 7 heteroatoms. The molecule has 0 unspecified atom stereocenters. The van der Waals surface area contributed by atoms with E-state index < -0.39 is 0 Å². The molecule has 0 fully saturated rings. The number of aromatic nitrogens is 3. The highest BCUT2D eigenvalue weighted by molar-refractivity contribution is 6.14. The van der Waals surface area contributed by atoms with Crippen molar-refractivity contribution >= 4 is 27.9 Å². The molecule has 0 saturated carbocycles. The summed E-state index contributed by atoms with van der Waals surface area (Å²) in [6, 6.07) is 13.5. The number of nitrogen functional groups attached to an aromatic ring is 1. The topological polar surface area (TPSA) is 117 Å². The molecule has 6 N–H and O–H groups in total. The Bertz CT molecular complexity index is 1530. The van der Waals surface area contributed by atoms with Crippen molar-refractivity contribution in [1.82, 2.24) is 15.0 Å². The highest BCUT2D eigenvalue weighted by Crippen LogP contribution is 2.30. The van der Waals surface area contributed by atoms with Gasteiger partial charge in [0.25, 0.3) is 0 Å². The first kappa shape index (κ1) is 21.3. The third-order valence-corrected chi connectivity index (χ3v) is 5.78. The van der Waals surface area contributed by atoms with Crippen LogP contribution in [0.1, 0.15) is 29.9 Å². The first-order valence-electron chi connectivity index (χ1n) is 10.8. The average molecular weight is 451 g/mol. The molecule has 34 heavy (non-hydrogen) atoms. The lowest BCUT2D eigenvalue weighted by Gasteiger charge is -2.09. The summed E-state index contributed by atoms with van der Waals surface area (Å²) < 4.78 is 13.8. The van der Waals surface area contributed by atoms with Crippen LogP contribution in [0.2, 0.25) is 0 Å². The summed E-state index contributed by atoms with van der Waals surface area (Å²) in [7, 11) is 0. The highest BCUT2D eigenvalue weighted by atomic mass is 19.1. The van der Waals surface area contributed by atoms with E-state index >= 15 is 0 Å². The predicted molar refractivity (Wildman–Crippen MR) is 135 cm³/mol. The number of fused-ring (bicyclic) bond motifs is 1. The summed E-state index contributed by atoms with van der Waals surface area (Å²) in [5, 5.41) is 9.63. The Hall–Kier alpha value is -4.52. The van der Waals surface area contributed by atoms with E-state index in [9.17, 15) is 4.39 Å². The smallest absolute Gasteiger partial charge is 0.123 e. The van der Waals surface area contributed by atoms with E-state index in [4.69, 9.17) is 21.9 Å². The van der Waals surface area contributed by atoms with Crippen molar-refractivity contribution in [2.24, 2.45) is 5.73 Å². The molecule has 6 nitrogen and oxygen atoms in total. The van der Waals surface area contributed by atoms with Gasteiger partial charge in [0.05, 0.1) is 22.8 Å². The quantitative estimate of drug-likeness (QED) is 0.248. The second-order valence-corrected chi connectivity index (χ2v) is 8.33. The molecule has 5 rings (SSSR count). The van der Waals surface area contributed by atoms with Crippen LogP contribution in [0.3, 0.4) is 0 Å². The van der Waals surface area contributed by atoms with Crippen LogP contribution in [0.25, 0.3) is 27.7 Å². The van der Waals surface area contributed by atoms with Crippen molar-refractivity contribution in [3.63, 3.8) is 0 Å². The van der Waals surface area contributed by atoms with E-state index in [2.05, 4.69) is 16.5 Å². The van der Waals surface area contributed by atoms with Crippen LogP contribution in [-0.2, 0) is 0 Å². The zero-order chi connectivity index (χ0) is 23.8. The standard InChI is InChI=1S/C27H23FN6/c1-15-5-6-16(13-19(29)11-15)22-8-7-21(30)27(34-22)25(31)24-14-20-23(33-24)9-10-32-26(20)17-3-2-4-18(28)12-17/h2-4,6-10,12-14,31,33H,1,5,11,29-30H2. The fourth-order valence-electron chi connectivity index (χ4n) is 4.12. The molecular formula is C27H23FN6. The molecule has 0 atom stereocenters. The minimum atomic E-state index is -0.334. The van der Waals surface area contributed by atoms with E-state index in [0.29, 0.717) is 46.9 Å². The molecule has 3 aromatic heterocycles. The third kappa shape index (κ3) is 3.99. The van der Waals surface area contributed by atoms with Crippen molar-refractivity contribution < 1.29 is 4.39 Å². The molecule has 4 aromatic rings. The van der Waals surface area contributed by atoms with Gasteiger partial charge in [0.15, 0.2) is 0 Å². The molecule has 0 radical (unpaired) electrons. The monoisotopic (exact) mass is 450 g/mol. The highest BCUT2D eigenvalue weighted by Gasteiger charge is 2.17. The van der Waals surface area contributed by atoms with E-state index in [0.717, 1.165) is 27.7 Å². The van der Waals surface area contributed by atoms with Gasteiger partial charge >= 0.3 is 0 Å². The summed E-state index contributed by atoms with van der Waals surface area (Å²) >= 11 is 0. The van der Waals surface area contributed by atoms with Crippen molar-refractivity contribution in [1.29, 1.82) is 5.41 Å². The lowest BCUT2D eigenvalue weighted by molar-refractivity contribution is 0.628. The number of benzene rings is 1. The van der Waals surface area contributed by atoms with Gasteiger partial charge in [-0.05, 0) is 54.5 Å². The second-order valence-electron chi connectivity index (χ2n) is 8.33. The first-order chi connectivity index (χ1) is 16.4. The van der Waals surface area contributed by atoms with Crippen LogP contribution in [-0.4, -0.2) is 20.7 Å². The van der Waals surface area contributed by atoms with Gasteiger partial charge in [0.2, 0.25) is 0 Å². The van der Waals surface area contributed by atoms with E-state index in [1.54, 1.807) is 24.4 Å². The number of halogens is 1. The van der Waals surface area contributed by atoms with Gasteiger partial charge in [-0.15, -0.1) is 0 Å². The summed E-state index contributed by atoms with van der Waals surface area (Å²) in [5.74, 6) is -0.334. The van der Waals surface area contributed by atoms with Crippen molar-refractivity contribution in [2.75, 3.05) is 5.73 Å².